The molecule has 2 N–H and O–H groups in total. The third-order valence-electron chi connectivity index (χ3n) is 3.89. The van der Waals surface area contributed by atoms with Crippen molar-refractivity contribution in [1.82, 2.24) is 5.43 Å². The summed E-state index contributed by atoms with van der Waals surface area (Å²) in [6.45, 7) is 3.15. The number of aromatic carboxylic acids is 1. The summed E-state index contributed by atoms with van der Waals surface area (Å²) in [7, 11) is 2.74. The zero-order valence-corrected chi connectivity index (χ0v) is 17.1. The second kappa shape index (κ2) is 9.29. The van der Waals surface area contributed by atoms with Gasteiger partial charge >= 0.3 is 5.97 Å². The van der Waals surface area contributed by atoms with Gasteiger partial charge in [0, 0.05) is 10.6 Å². The Labute approximate surface area is 173 Å². The van der Waals surface area contributed by atoms with Gasteiger partial charge in [-0.3, -0.25) is 4.79 Å². The minimum atomic E-state index is -1.24. The maximum Gasteiger partial charge on any atom is 0.340 e. The summed E-state index contributed by atoms with van der Waals surface area (Å²) in [6, 6.07) is 9.62. The molecule has 29 heavy (non-hydrogen) atoms. The normalized spacial score (nSPS) is 11.2. The monoisotopic (exact) mass is 420 g/mol. The highest BCUT2D eigenvalue weighted by Crippen LogP contribution is 2.32. The highest BCUT2D eigenvalue weighted by Gasteiger charge is 2.30. The van der Waals surface area contributed by atoms with E-state index in [9.17, 15) is 14.7 Å². The Kier molecular flexibility index (Phi) is 7.06. The maximum atomic E-state index is 12.4. The molecule has 1 amide bonds. The number of benzene rings is 2. The van der Waals surface area contributed by atoms with Crippen LogP contribution in [0.4, 0.5) is 0 Å². The number of carboxylic acid groups (broad SMARTS) is 1. The van der Waals surface area contributed by atoms with Crippen molar-refractivity contribution in [3.05, 3.63) is 52.5 Å². The van der Waals surface area contributed by atoms with Crippen LogP contribution >= 0.6 is 11.6 Å². The molecule has 0 saturated heterocycles. The van der Waals surface area contributed by atoms with E-state index in [4.69, 9.17) is 25.8 Å². The summed E-state index contributed by atoms with van der Waals surface area (Å²) < 4.78 is 15.9. The molecule has 0 aliphatic carbocycles. The fourth-order valence-corrected chi connectivity index (χ4v) is 2.54. The minimum Gasteiger partial charge on any atom is -0.493 e. The smallest absolute Gasteiger partial charge is 0.340 e. The molecule has 2 aromatic carbocycles. The third-order valence-corrected chi connectivity index (χ3v) is 4.15. The highest BCUT2D eigenvalue weighted by atomic mass is 35.5. The second-order valence-corrected chi connectivity index (χ2v) is 6.77. The van der Waals surface area contributed by atoms with Gasteiger partial charge in [0.25, 0.3) is 5.91 Å². The van der Waals surface area contributed by atoms with Crippen LogP contribution in [0, 0.1) is 0 Å². The molecule has 0 bridgehead atoms. The van der Waals surface area contributed by atoms with Crippen LogP contribution in [0.3, 0.4) is 0 Å². The van der Waals surface area contributed by atoms with Crippen LogP contribution in [0.25, 0.3) is 0 Å². The Morgan fingerprint density at radius 1 is 1.10 bits per heavy atom. The lowest BCUT2D eigenvalue weighted by Gasteiger charge is -2.24. The SMILES string of the molecule is COc1ccc(/C=N/NC(=O)C(C)(C)Oc2ccc(Cl)cc2)c(C(=O)O)c1OC. The van der Waals surface area contributed by atoms with Crippen LogP contribution < -0.4 is 19.6 Å². The first-order chi connectivity index (χ1) is 13.7. The fraction of sp³-hybridized carbons (Fsp3) is 0.250. The summed E-state index contributed by atoms with van der Waals surface area (Å²) in [4.78, 5) is 24.1. The average Bonchev–Trinajstić information content (AvgIpc) is 2.68. The molecule has 0 atom stereocenters. The largest absolute Gasteiger partial charge is 0.493 e. The van der Waals surface area contributed by atoms with Crippen LogP contribution in [0.15, 0.2) is 41.5 Å². The fourth-order valence-electron chi connectivity index (χ4n) is 2.41. The average molecular weight is 421 g/mol. The van der Waals surface area contributed by atoms with Gasteiger partial charge in [-0.2, -0.15) is 5.10 Å². The van der Waals surface area contributed by atoms with Gasteiger partial charge in [0.2, 0.25) is 0 Å². The molecular weight excluding hydrogens is 400 g/mol. The number of halogens is 1. The van der Waals surface area contributed by atoms with E-state index in [-0.39, 0.29) is 22.6 Å². The van der Waals surface area contributed by atoms with Gasteiger partial charge in [0.1, 0.15) is 11.3 Å². The molecule has 0 aromatic heterocycles. The van der Waals surface area contributed by atoms with E-state index in [0.717, 1.165) is 0 Å². The van der Waals surface area contributed by atoms with Crippen molar-refractivity contribution in [2.75, 3.05) is 14.2 Å². The van der Waals surface area contributed by atoms with Crippen LogP contribution in [0.2, 0.25) is 5.02 Å². The first-order valence-corrected chi connectivity index (χ1v) is 8.83. The second-order valence-electron chi connectivity index (χ2n) is 6.34. The lowest BCUT2D eigenvalue weighted by Crippen LogP contribution is -2.44. The number of carbonyl (C=O) groups excluding carboxylic acids is 1. The quantitative estimate of drug-likeness (QED) is 0.501. The number of amides is 1. The van der Waals surface area contributed by atoms with Crippen molar-refractivity contribution in [1.29, 1.82) is 0 Å². The molecular formula is C20H21ClN2O6. The zero-order chi connectivity index (χ0) is 21.6. The molecule has 2 aromatic rings. The maximum absolute atomic E-state index is 12.4. The molecule has 0 saturated carbocycles. The van der Waals surface area contributed by atoms with Gasteiger partial charge in [-0.15, -0.1) is 0 Å². The van der Waals surface area contributed by atoms with Crippen molar-refractivity contribution < 1.29 is 28.9 Å². The highest BCUT2D eigenvalue weighted by molar-refractivity contribution is 6.30. The number of nitrogens with one attached hydrogen (secondary N) is 1. The van der Waals surface area contributed by atoms with Gasteiger partial charge in [0.05, 0.1) is 20.4 Å². The Bertz CT molecular complexity index is 925. The lowest BCUT2D eigenvalue weighted by molar-refractivity contribution is -0.134. The van der Waals surface area contributed by atoms with Crippen molar-refractivity contribution in [2.45, 2.75) is 19.4 Å². The number of hydrogen-bond donors (Lipinski definition) is 2. The summed E-state index contributed by atoms with van der Waals surface area (Å²) in [6.07, 6.45) is 1.21. The number of carbonyl (C=O) groups is 2. The van der Waals surface area contributed by atoms with Gasteiger partial charge in [0.15, 0.2) is 17.1 Å². The van der Waals surface area contributed by atoms with Crippen LogP contribution in [-0.2, 0) is 4.79 Å². The van der Waals surface area contributed by atoms with Crippen molar-refractivity contribution in [3.8, 4) is 17.2 Å². The molecule has 2 rings (SSSR count). The van der Waals surface area contributed by atoms with Crippen LogP contribution in [0.1, 0.15) is 29.8 Å². The van der Waals surface area contributed by atoms with E-state index < -0.39 is 17.5 Å². The number of hydrazone groups is 1. The Morgan fingerprint density at radius 2 is 1.76 bits per heavy atom. The van der Waals surface area contributed by atoms with E-state index in [1.807, 2.05) is 0 Å². The molecule has 0 unspecified atom stereocenters. The van der Waals surface area contributed by atoms with E-state index in [1.54, 1.807) is 44.2 Å². The van der Waals surface area contributed by atoms with Gasteiger partial charge < -0.3 is 19.3 Å². The number of rotatable bonds is 8. The lowest BCUT2D eigenvalue weighted by atomic mass is 10.1. The molecule has 0 fully saturated rings. The first-order valence-electron chi connectivity index (χ1n) is 8.46. The molecule has 0 spiro atoms. The van der Waals surface area contributed by atoms with Crippen LogP contribution in [0.5, 0.6) is 17.2 Å². The predicted molar refractivity (Wildman–Crippen MR) is 108 cm³/mol. The van der Waals surface area contributed by atoms with E-state index in [0.29, 0.717) is 10.8 Å². The molecule has 154 valence electrons. The third kappa shape index (κ3) is 5.39. The van der Waals surface area contributed by atoms with Gasteiger partial charge in [-0.25, -0.2) is 10.2 Å². The number of ether oxygens (including phenoxy) is 3. The van der Waals surface area contributed by atoms with Gasteiger partial charge in [-0.1, -0.05) is 11.6 Å². The summed E-state index contributed by atoms with van der Waals surface area (Å²) >= 11 is 5.84. The first kappa shape index (κ1) is 22.0. The summed E-state index contributed by atoms with van der Waals surface area (Å²) in [5.41, 5.74) is 1.20. The van der Waals surface area contributed by atoms with Crippen molar-refractivity contribution in [2.24, 2.45) is 5.10 Å². The van der Waals surface area contributed by atoms with E-state index in [2.05, 4.69) is 10.5 Å². The molecule has 0 heterocycles. The molecule has 8 nitrogen and oxygen atoms in total. The Morgan fingerprint density at radius 3 is 2.31 bits per heavy atom. The predicted octanol–water partition coefficient (Wildman–Crippen LogP) is 3.36. The molecule has 0 aliphatic rings. The molecule has 9 heteroatoms. The number of methoxy groups -OCH3 is 2. The number of nitrogens with zero attached hydrogens (tertiary/aromatic N) is 1. The van der Waals surface area contributed by atoms with Crippen molar-refractivity contribution >= 4 is 29.7 Å². The minimum absolute atomic E-state index is 0.0571. The molecule has 0 radical (unpaired) electrons. The van der Waals surface area contributed by atoms with Crippen molar-refractivity contribution in [3.63, 3.8) is 0 Å². The number of carboxylic acids is 1. The molecule has 0 aliphatic heterocycles. The Hall–Kier alpha value is -3.26. The van der Waals surface area contributed by atoms with Crippen LogP contribution in [-0.4, -0.2) is 43.0 Å². The number of hydrogen-bond acceptors (Lipinski definition) is 6. The van der Waals surface area contributed by atoms with Gasteiger partial charge in [-0.05, 0) is 50.2 Å². The topological polar surface area (TPSA) is 106 Å². The summed E-state index contributed by atoms with van der Waals surface area (Å²) in [5, 5.41) is 13.9. The Balaban J connectivity index is 2.17. The van der Waals surface area contributed by atoms with E-state index in [1.165, 1.54) is 26.5 Å². The summed E-state index contributed by atoms with van der Waals surface area (Å²) in [5.74, 6) is -0.960. The van der Waals surface area contributed by atoms with E-state index >= 15 is 0 Å². The standard InChI is InChI=1S/C20H21ClN2O6/c1-20(2,29-14-8-6-13(21)7-9-14)19(26)23-22-11-12-5-10-15(27-3)17(28-4)16(12)18(24)25/h5-11H,1-4H3,(H,23,26)(H,24,25)/b22-11+. The zero-order valence-electron chi connectivity index (χ0n) is 16.4.